The van der Waals surface area contributed by atoms with Crippen LogP contribution in [0, 0.1) is 0 Å². The van der Waals surface area contributed by atoms with E-state index in [4.69, 9.17) is 23.7 Å². The van der Waals surface area contributed by atoms with Crippen molar-refractivity contribution in [3.8, 4) is 5.75 Å². The highest BCUT2D eigenvalue weighted by Gasteiger charge is 2.50. The summed E-state index contributed by atoms with van der Waals surface area (Å²) in [5.74, 6) is -0.688. The van der Waals surface area contributed by atoms with Crippen LogP contribution >= 0.6 is 0 Å². The zero-order valence-corrected chi connectivity index (χ0v) is 25.3. The molecule has 0 bridgehead atoms. The average Bonchev–Trinajstić information content (AvgIpc) is 3.19. The van der Waals surface area contributed by atoms with Crippen LogP contribution in [0.5, 0.6) is 5.75 Å². The first-order chi connectivity index (χ1) is 19.5. The lowest BCUT2D eigenvalue weighted by molar-refractivity contribution is -0.157. The van der Waals surface area contributed by atoms with Gasteiger partial charge in [-0.25, -0.2) is 9.59 Å². The summed E-state index contributed by atoms with van der Waals surface area (Å²) in [5, 5.41) is 2.45. The number of ether oxygens (including phenoxy) is 5. The summed E-state index contributed by atoms with van der Waals surface area (Å²) in [6, 6.07) is 6.40. The number of hydrogen-bond donors (Lipinski definition) is 1. The van der Waals surface area contributed by atoms with Gasteiger partial charge < -0.3 is 33.9 Å². The van der Waals surface area contributed by atoms with Gasteiger partial charge in [-0.3, -0.25) is 19.3 Å². The fraction of sp³-hybridized carbons (Fsp3) is 0.621. The molecule has 0 radical (unpaired) electrons. The maximum Gasteiger partial charge on any atom is 0.509 e. The molecule has 1 aromatic rings. The average molecular weight is 592 g/mol. The summed E-state index contributed by atoms with van der Waals surface area (Å²) in [5.41, 5.74) is -0.855. The largest absolute Gasteiger partial charge is 0.509 e. The molecular formula is C29H41N3O10. The normalized spacial score (nSPS) is 21.0. The van der Waals surface area contributed by atoms with Gasteiger partial charge in [0.05, 0.1) is 39.2 Å². The van der Waals surface area contributed by atoms with E-state index in [9.17, 15) is 24.0 Å². The molecule has 13 nitrogen and oxygen atoms in total. The van der Waals surface area contributed by atoms with Crippen LogP contribution in [0.4, 0.5) is 9.59 Å². The first-order valence-electron chi connectivity index (χ1n) is 13.8. The molecule has 2 aliphatic rings. The summed E-state index contributed by atoms with van der Waals surface area (Å²) < 4.78 is 27.7. The second-order valence-electron chi connectivity index (χ2n) is 12.2. The zero-order chi connectivity index (χ0) is 31.2. The summed E-state index contributed by atoms with van der Waals surface area (Å²) in [6.07, 6.45) is -3.77. The molecule has 2 heterocycles. The minimum atomic E-state index is -1.08. The van der Waals surface area contributed by atoms with Crippen LogP contribution in [0.25, 0.3) is 0 Å². The monoisotopic (exact) mass is 591 g/mol. The Morgan fingerprint density at radius 3 is 2.19 bits per heavy atom. The second-order valence-corrected chi connectivity index (χ2v) is 12.2. The smallest absolute Gasteiger partial charge is 0.497 e. The molecule has 3 rings (SSSR count). The molecule has 2 fully saturated rings. The third-order valence-electron chi connectivity index (χ3n) is 6.37. The number of hydrogen-bond acceptors (Lipinski definition) is 10. The molecule has 13 heteroatoms. The van der Waals surface area contributed by atoms with Crippen molar-refractivity contribution in [3.63, 3.8) is 0 Å². The lowest BCUT2D eigenvalue weighted by Gasteiger charge is -2.30. The quantitative estimate of drug-likeness (QED) is 0.353. The van der Waals surface area contributed by atoms with Crippen LogP contribution in [0.3, 0.4) is 0 Å². The molecular weight excluding hydrogens is 550 g/mol. The fourth-order valence-electron chi connectivity index (χ4n) is 4.52. The summed E-state index contributed by atoms with van der Waals surface area (Å²) >= 11 is 0. The molecule has 42 heavy (non-hydrogen) atoms. The molecule has 3 atom stereocenters. The first-order valence-corrected chi connectivity index (χ1v) is 13.8. The van der Waals surface area contributed by atoms with Gasteiger partial charge in [-0.15, -0.1) is 0 Å². The van der Waals surface area contributed by atoms with E-state index in [1.807, 2.05) is 12.1 Å². The van der Waals surface area contributed by atoms with Gasteiger partial charge in [-0.1, -0.05) is 12.1 Å². The lowest BCUT2D eigenvalue weighted by atomic mass is 10.0. The SMILES string of the molecule is COc1ccc(C[C@@H]2[C@H](OC(=O)CCN3CC(=O)NCC3=O)[C@@H](OC(=O)OC(C)(C)C)CN2C(=O)OC(C)(C)C)cc1. The van der Waals surface area contributed by atoms with E-state index in [2.05, 4.69) is 5.32 Å². The topological polar surface area (TPSA) is 150 Å². The van der Waals surface area contributed by atoms with Crippen LogP contribution in [0.1, 0.15) is 53.5 Å². The minimum Gasteiger partial charge on any atom is -0.497 e. The van der Waals surface area contributed by atoms with Gasteiger partial charge in [0.2, 0.25) is 11.8 Å². The number of rotatable bonds is 8. The Kier molecular flexibility index (Phi) is 10.3. The number of benzene rings is 1. The van der Waals surface area contributed by atoms with Crippen LogP contribution in [-0.4, -0.2) is 103 Å². The van der Waals surface area contributed by atoms with Gasteiger partial charge in [-0.2, -0.15) is 0 Å². The van der Waals surface area contributed by atoms with Gasteiger partial charge in [0.1, 0.15) is 17.0 Å². The van der Waals surface area contributed by atoms with Crippen molar-refractivity contribution >= 4 is 30.0 Å². The Balaban J connectivity index is 1.87. The van der Waals surface area contributed by atoms with Gasteiger partial charge in [-0.05, 0) is 65.7 Å². The van der Waals surface area contributed by atoms with Crippen molar-refractivity contribution in [3.05, 3.63) is 29.8 Å². The van der Waals surface area contributed by atoms with E-state index in [1.165, 1.54) is 9.80 Å². The van der Waals surface area contributed by atoms with Crippen LogP contribution < -0.4 is 10.1 Å². The highest BCUT2D eigenvalue weighted by atomic mass is 16.7. The molecule has 1 aromatic carbocycles. The standard InChI is InChI=1S/C29H41N3O10/c1-28(2,3)41-26(36)32-16-21(39-27(37)42-29(4,5)6)25(20(32)14-18-8-10-19(38-7)11-9-18)40-24(35)12-13-31-17-22(33)30-15-23(31)34/h8-11,20-21,25H,12-17H2,1-7H3,(H,30,33)/t20-,21+,25+/m1/s1. The van der Waals surface area contributed by atoms with E-state index < -0.39 is 47.7 Å². The van der Waals surface area contributed by atoms with E-state index in [0.29, 0.717) is 5.75 Å². The van der Waals surface area contributed by atoms with Gasteiger partial charge in [0, 0.05) is 6.54 Å². The minimum absolute atomic E-state index is 0.0334. The molecule has 1 N–H and O–H groups in total. The number of methoxy groups -OCH3 is 1. The molecule has 0 spiro atoms. The zero-order valence-electron chi connectivity index (χ0n) is 25.3. The predicted molar refractivity (Wildman–Crippen MR) is 149 cm³/mol. The molecule has 0 aliphatic carbocycles. The number of carbonyl (C=O) groups is 5. The predicted octanol–water partition coefficient (Wildman–Crippen LogP) is 2.44. The number of piperazine rings is 1. The molecule has 2 saturated heterocycles. The number of amides is 3. The van der Waals surface area contributed by atoms with Gasteiger partial charge in [0.25, 0.3) is 0 Å². The molecule has 2 aliphatic heterocycles. The number of nitrogens with one attached hydrogen (secondary N) is 1. The van der Waals surface area contributed by atoms with E-state index in [1.54, 1.807) is 60.8 Å². The number of esters is 1. The Morgan fingerprint density at radius 2 is 1.60 bits per heavy atom. The fourth-order valence-corrected chi connectivity index (χ4v) is 4.52. The second kappa shape index (κ2) is 13.3. The van der Waals surface area contributed by atoms with E-state index in [-0.39, 0.29) is 50.8 Å². The Bertz CT molecular complexity index is 1160. The van der Waals surface area contributed by atoms with Crippen molar-refractivity contribution < 1.29 is 47.7 Å². The van der Waals surface area contributed by atoms with Crippen molar-refractivity contribution in [2.24, 2.45) is 0 Å². The summed E-state index contributed by atoms with van der Waals surface area (Å²) in [6.45, 7) is 9.79. The Labute approximate surface area is 245 Å². The van der Waals surface area contributed by atoms with Gasteiger partial charge >= 0.3 is 18.2 Å². The van der Waals surface area contributed by atoms with Crippen LogP contribution in [-0.2, 0) is 39.8 Å². The van der Waals surface area contributed by atoms with Crippen LogP contribution in [0.15, 0.2) is 24.3 Å². The number of likely N-dealkylation sites (tertiary alicyclic amines) is 1. The third-order valence-corrected chi connectivity index (χ3v) is 6.37. The summed E-state index contributed by atoms with van der Waals surface area (Å²) in [7, 11) is 1.55. The third kappa shape index (κ3) is 9.52. The molecule has 232 valence electrons. The van der Waals surface area contributed by atoms with Crippen molar-refractivity contribution in [1.82, 2.24) is 15.1 Å². The van der Waals surface area contributed by atoms with Gasteiger partial charge in [0.15, 0.2) is 12.2 Å². The van der Waals surface area contributed by atoms with Crippen molar-refractivity contribution in [2.75, 3.05) is 33.3 Å². The van der Waals surface area contributed by atoms with Crippen molar-refractivity contribution in [2.45, 2.75) is 83.8 Å². The lowest BCUT2D eigenvalue weighted by Crippen LogP contribution is -2.52. The number of nitrogens with zero attached hydrogens (tertiary/aromatic N) is 2. The molecule has 0 saturated carbocycles. The molecule has 0 unspecified atom stereocenters. The maximum atomic E-state index is 13.3. The molecule has 3 amide bonds. The van der Waals surface area contributed by atoms with Crippen LogP contribution in [0.2, 0.25) is 0 Å². The Hall–Kier alpha value is -4.03. The van der Waals surface area contributed by atoms with E-state index >= 15 is 0 Å². The highest BCUT2D eigenvalue weighted by Crippen LogP contribution is 2.30. The number of carbonyl (C=O) groups excluding carboxylic acids is 5. The Morgan fingerprint density at radius 1 is 0.952 bits per heavy atom. The van der Waals surface area contributed by atoms with E-state index in [0.717, 1.165) is 5.56 Å². The highest BCUT2D eigenvalue weighted by molar-refractivity contribution is 5.92. The van der Waals surface area contributed by atoms with Crippen molar-refractivity contribution in [1.29, 1.82) is 0 Å². The maximum absolute atomic E-state index is 13.3. The first kappa shape index (κ1) is 32.5. The molecule has 0 aromatic heterocycles. The summed E-state index contributed by atoms with van der Waals surface area (Å²) in [4.78, 5) is 65.6.